The van der Waals surface area contributed by atoms with Gasteiger partial charge in [-0.1, -0.05) is 35.9 Å². The van der Waals surface area contributed by atoms with Crippen molar-refractivity contribution in [3.63, 3.8) is 0 Å². The number of ether oxygens (including phenoxy) is 1. The Balaban J connectivity index is 1.53. The molecule has 4 rings (SSSR count). The summed E-state index contributed by atoms with van der Waals surface area (Å²) in [5.41, 5.74) is 7.95. The van der Waals surface area contributed by atoms with Crippen molar-refractivity contribution < 1.29 is 19.4 Å². The van der Waals surface area contributed by atoms with Crippen molar-refractivity contribution in [2.75, 3.05) is 25.1 Å². The third-order valence-electron chi connectivity index (χ3n) is 5.90. The number of anilines is 1. The number of rotatable bonds is 7. The molecule has 0 bridgehead atoms. The maximum atomic E-state index is 12.9. The maximum Gasteiger partial charge on any atom is 0.337 e. The number of carboxylic acids is 1. The number of aryl methyl sites for hydroxylation is 1. The summed E-state index contributed by atoms with van der Waals surface area (Å²) in [5.74, 6) is -1.31. The van der Waals surface area contributed by atoms with Crippen LogP contribution in [-0.4, -0.2) is 64.2 Å². The molecule has 0 radical (unpaired) electrons. The molecule has 4 N–H and O–H groups in total. The molecule has 0 spiro atoms. The summed E-state index contributed by atoms with van der Waals surface area (Å²) < 4.78 is 6.34. The van der Waals surface area contributed by atoms with Gasteiger partial charge in [0.05, 0.1) is 33.6 Å². The molecule has 0 saturated carbocycles. The second-order valence-electron chi connectivity index (χ2n) is 7.73. The Hall–Kier alpha value is -2.53. The third kappa shape index (κ3) is 4.11. The van der Waals surface area contributed by atoms with Gasteiger partial charge in [-0.15, -0.1) is 0 Å². The van der Waals surface area contributed by atoms with E-state index in [0.717, 1.165) is 5.13 Å². The number of carbonyl (C=O) groups excluding carboxylic acids is 1. The van der Waals surface area contributed by atoms with Gasteiger partial charge in [-0.25, -0.2) is 14.8 Å². The number of nitrogens with zero attached hydrogens (tertiary/aromatic N) is 3. The molecule has 1 aromatic carbocycles. The van der Waals surface area contributed by atoms with Gasteiger partial charge in [0.1, 0.15) is 0 Å². The molecule has 0 amide bonds. The molecule has 2 unspecified atom stereocenters. The Morgan fingerprint density at radius 1 is 1.44 bits per heavy atom. The van der Waals surface area contributed by atoms with Gasteiger partial charge in [0, 0.05) is 26.1 Å². The molecule has 9 nitrogen and oxygen atoms in total. The minimum Gasteiger partial charge on any atom is -0.478 e. The number of benzene rings is 1. The number of halogens is 1. The van der Waals surface area contributed by atoms with E-state index in [9.17, 15) is 14.7 Å². The standard InChI is InChI=1S/C21H24ClN5O4S/c1-3-12-18(22)26-19(24-12)16(28)15(23)10-7-8-27(9-14(10)31-2)21-25-13-6-4-5-11(20(29)30)17(13)32-21/h4-6,10,14-15H,3,7-9,23H2,1-2H3,(H,24,26)(H,29,30)/t10?,14-,15?/m0/s1. The molecule has 170 valence electrons. The number of carboxylic acid groups (broad SMARTS) is 1. The number of methoxy groups -OCH3 is 1. The van der Waals surface area contributed by atoms with E-state index in [-0.39, 0.29) is 34.3 Å². The molecule has 3 heterocycles. The predicted molar refractivity (Wildman–Crippen MR) is 123 cm³/mol. The Bertz CT molecular complexity index is 1160. The lowest BCUT2D eigenvalue weighted by molar-refractivity contribution is 0.0305. The number of aromatic amines is 1. The van der Waals surface area contributed by atoms with E-state index in [1.807, 2.05) is 6.92 Å². The first-order chi connectivity index (χ1) is 15.3. The normalized spacial score (nSPS) is 19.9. The van der Waals surface area contributed by atoms with Gasteiger partial charge < -0.3 is 25.5 Å². The summed E-state index contributed by atoms with van der Waals surface area (Å²) in [6, 6.07) is 4.28. The smallest absolute Gasteiger partial charge is 0.337 e. The van der Waals surface area contributed by atoms with Gasteiger partial charge in [0.15, 0.2) is 16.1 Å². The molecular weight excluding hydrogens is 454 g/mol. The summed E-state index contributed by atoms with van der Waals surface area (Å²) >= 11 is 7.42. The number of carbonyl (C=O) groups is 2. The first-order valence-electron chi connectivity index (χ1n) is 10.3. The van der Waals surface area contributed by atoms with Crippen LogP contribution in [0.15, 0.2) is 18.2 Å². The fourth-order valence-corrected chi connectivity index (χ4v) is 5.47. The van der Waals surface area contributed by atoms with Gasteiger partial charge in [-0.2, -0.15) is 0 Å². The number of thiazole rings is 1. The Labute approximate surface area is 193 Å². The van der Waals surface area contributed by atoms with Crippen LogP contribution >= 0.6 is 22.9 Å². The summed E-state index contributed by atoms with van der Waals surface area (Å²) in [4.78, 5) is 38.2. The highest BCUT2D eigenvalue weighted by atomic mass is 35.5. The van der Waals surface area contributed by atoms with E-state index < -0.39 is 12.0 Å². The summed E-state index contributed by atoms with van der Waals surface area (Å²) in [5, 5.41) is 10.5. The lowest BCUT2D eigenvalue weighted by Crippen LogP contribution is -2.53. The molecule has 0 aliphatic carbocycles. The van der Waals surface area contributed by atoms with Gasteiger partial charge in [0.25, 0.3) is 0 Å². The largest absolute Gasteiger partial charge is 0.478 e. The van der Waals surface area contributed by atoms with Gasteiger partial charge in [-0.05, 0) is 25.0 Å². The Morgan fingerprint density at radius 3 is 2.88 bits per heavy atom. The van der Waals surface area contributed by atoms with Crippen molar-refractivity contribution in [2.24, 2.45) is 11.7 Å². The van der Waals surface area contributed by atoms with Crippen LogP contribution in [0.1, 0.15) is 40.0 Å². The lowest BCUT2D eigenvalue weighted by Gasteiger charge is -2.39. The first-order valence-corrected chi connectivity index (χ1v) is 11.5. The molecule has 1 aliphatic heterocycles. The highest BCUT2D eigenvalue weighted by molar-refractivity contribution is 7.22. The highest BCUT2D eigenvalue weighted by Gasteiger charge is 2.38. The second-order valence-corrected chi connectivity index (χ2v) is 9.06. The van der Waals surface area contributed by atoms with E-state index in [1.165, 1.54) is 11.3 Å². The second kappa shape index (κ2) is 9.14. The van der Waals surface area contributed by atoms with Gasteiger partial charge in [0.2, 0.25) is 5.78 Å². The van der Waals surface area contributed by atoms with Crippen molar-refractivity contribution in [1.82, 2.24) is 15.0 Å². The zero-order chi connectivity index (χ0) is 23.0. The number of piperidine rings is 1. The zero-order valence-electron chi connectivity index (χ0n) is 17.7. The van der Waals surface area contributed by atoms with Crippen LogP contribution in [0.5, 0.6) is 0 Å². The average molecular weight is 478 g/mol. The number of H-pyrrole nitrogens is 1. The maximum absolute atomic E-state index is 12.9. The van der Waals surface area contributed by atoms with Crippen LogP contribution < -0.4 is 10.6 Å². The van der Waals surface area contributed by atoms with Crippen LogP contribution in [-0.2, 0) is 11.2 Å². The summed E-state index contributed by atoms with van der Waals surface area (Å²) in [6.45, 7) is 3.03. The fourth-order valence-electron chi connectivity index (χ4n) is 4.10. The Kier molecular flexibility index (Phi) is 6.47. The average Bonchev–Trinajstić information content (AvgIpc) is 3.40. The quantitative estimate of drug-likeness (QED) is 0.442. The summed E-state index contributed by atoms with van der Waals surface area (Å²) in [6.07, 6.45) is 0.950. The number of hydrogen-bond donors (Lipinski definition) is 3. The third-order valence-corrected chi connectivity index (χ3v) is 7.37. The summed E-state index contributed by atoms with van der Waals surface area (Å²) in [7, 11) is 1.60. The lowest BCUT2D eigenvalue weighted by atomic mass is 9.85. The molecule has 1 fully saturated rings. The molecule has 3 aromatic rings. The predicted octanol–water partition coefficient (Wildman–Crippen LogP) is 2.98. The van der Waals surface area contributed by atoms with Crippen LogP contribution in [0, 0.1) is 5.92 Å². The van der Waals surface area contributed by atoms with Crippen molar-refractivity contribution in [1.29, 1.82) is 0 Å². The number of aromatic nitrogens is 3. The van der Waals surface area contributed by atoms with Crippen LogP contribution in [0.2, 0.25) is 5.15 Å². The van der Waals surface area contributed by atoms with Crippen molar-refractivity contribution in [3.8, 4) is 0 Å². The van der Waals surface area contributed by atoms with E-state index >= 15 is 0 Å². The van der Waals surface area contributed by atoms with Crippen LogP contribution in [0.25, 0.3) is 10.2 Å². The minimum absolute atomic E-state index is 0.170. The van der Waals surface area contributed by atoms with E-state index in [1.54, 1.807) is 25.3 Å². The Morgan fingerprint density at radius 2 is 2.22 bits per heavy atom. The zero-order valence-corrected chi connectivity index (χ0v) is 19.2. The molecule has 1 saturated heterocycles. The van der Waals surface area contributed by atoms with Gasteiger partial charge >= 0.3 is 5.97 Å². The van der Waals surface area contributed by atoms with Crippen molar-refractivity contribution in [3.05, 3.63) is 40.4 Å². The minimum atomic E-state index is -0.979. The van der Waals surface area contributed by atoms with E-state index in [0.29, 0.717) is 41.8 Å². The van der Waals surface area contributed by atoms with Crippen molar-refractivity contribution in [2.45, 2.75) is 31.9 Å². The topological polar surface area (TPSA) is 134 Å². The number of nitrogens with one attached hydrogen (secondary N) is 1. The van der Waals surface area contributed by atoms with Crippen LogP contribution in [0.3, 0.4) is 0 Å². The molecule has 1 aliphatic rings. The number of Topliss-reactive ketones (excluding diaryl/α,β-unsaturated/α-hetero) is 1. The number of fused-ring (bicyclic) bond motifs is 1. The van der Waals surface area contributed by atoms with E-state index in [4.69, 9.17) is 22.1 Å². The molecule has 2 aromatic heterocycles. The first kappa shape index (κ1) is 22.7. The number of nitrogens with two attached hydrogens (primary N) is 1. The number of ketones is 1. The monoisotopic (exact) mass is 477 g/mol. The molecule has 3 atom stereocenters. The highest BCUT2D eigenvalue weighted by Crippen LogP contribution is 2.35. The number of hydrogen-bond acceptors (Lipinski definition) is 8. The fraction of sp³-hybridized carbons (Fsp3) is 0.429. The van der Waals surface area contributed by atoms with E-state index in [2.05, 4.69) is 19.9 Å². The van der Waals surface area contributed by atoms with Crippen molar-refractivity contribution >= 4 is 50.0 Å². The SMILES string of the molecule is CCc1[nH]c(C(=O)C(N)C2CCN(c3nc4cccc(C(=O)O)c4s3)C[C@@H]2OC)nc1Cl. The molecule has 11 heteroatoms. The van der Waals surface area contributed by atoms with Crippen LogP contribution in [0.4, 0.5) is 5.13 Å². The number of imidazole rings is 1. The molecule has 32 heavy (non-hydrogen) atoms. The van der Waals surface area contributed by atoms with Gasteiger partial charge in [-0.3, -0.25) is 4.79 Å². The number of aromatic carboxylic acids is 1. The molecular formula is C21H24ClN5O4S.